The van der Waals surface area contributed by atoms with Gasteiger partial charge in [0.15, 0.2) is 5.69 Å². The lowest BCUT2D eigenvalue weighted by Gasteiger charge is -1.94. The fraction of sp³-hybridized carbons (Fsp3) is 0.0909. The summed E-state index contributed by atoms with van der Waals surface area (Å²) in [5, 5.41) is 9.51. The SMILES string of the molecule is Cc1sc(-c2ccc(F)cc2)nc1C#N. The summed E-state index contributed by atoms with van der Waals surface area (Å²) in [6, 6.07) is 8.12. The van der Waals surface area contributed by atoms with Gasteiger partial charge in [-0.1, -0.05) is 0 Å². The van der Waals surface area contributed by atoms with Crippen LogP contribution in [0.2, 0.25) is 0 Å². The molecule has 1 aromatic heterocycles. The molecule has 0 amide bonds. The van der Waals surface area contributed by atoms with Crippen molar-refractivity contribution in [1.82, 2.24) is 4.98 Å². The molecule has 0 unspecified atom stereocenters. The van der Waals surface area contributed by atoms with Crippen LogP contribution in [0.1, 0.15) is 10.6 Å². The third-order valence-corrected chi connectivity index (χ3v) is 3.01. The highest BCUT2D eigenvalue weighted by atomic mass is 32.1. The standard InChI is InChI=1S/C11H7FN2S/c1-7-10(6-13)14-11(15-7)8-2-4-9(12)5-3-8/h2-5H,1H3. The molecule has 74 valence electrons. The van der Waals surface area contributed by atoms with Crippen LogP contribution in [0, 0.1) is 24.1 Å². The van der Waals surface area contributed by atoms with Crippen LogP contribution in [0.15, 0.2) is 24.3 Å². The van der Waals surface area contributed by atoms with E-state index in [-0.39, 0.29) is 5.82 Å². The lowest BCUT2D eigenvalue weighted by Crippen LogP contribution is -1.79. The van der Waals surface area contributed by atoms with Crippen molar-refractivity contribution >= 4 is 11.3 Å². The number of halogens is 1. The van der Waals surface area contributed by atoms with E-state index in [2.05, 4.69) is 4.98 Å². The maximum absolute atomic E-state index is 12.7. The number of nitrogens with zero attached hydrogens (tertiary/aromatic N) is 2. The molecule has 2 rings (SSSR count). The Bertz CT molecular complexity index is 523. The molecular formula is C11H7FN2S. The van der Waals surface area contributed by atoms with E-state index in [1.807, 2.05) is 13.0 Å². The number of aromatic nitrogens is 1. The molecule has 0 atom stereocenters. The lowest BCUT2D eigenvalue weighted by molar-refractivity contribution is 0.628. The van der Waals surface area contributed by atoms with Gasteiger partial charge in [-0.25, -0.2) is 9.37 Å². The van der Waals surface area contributed by atoms with Gasteiger partial charge in [0, 0.05) is 10.4 Å². The second kappa shape index (κ2) is 3.79. The molecule has 0 aliphatic heterocycles. The molecule has 0 fully saturated rings. The summed E-state index contributed by atoms with van der Waals surface area (Å²) in [7, 11) is 0. The average Bonchev–Trinajstić information content (AvgIpc) is 2.61. The summed E-state index contributed by atoms with van der Waals surface area (Å²) in [5.74, 6) is -0.271. The van der Waals surface area contributed by atoms with E-state index in [4.69, 9.17) is 5.26 Å². The minimum Gasteiger partial charge on any atom is -0.225 e. The van der Waals surface area contributed by atoms with E-state index in [0.29, 0.717) is 5.69 Å². The van der Waals surface area contributed by atoms with Crippen LogP contribution in [0.25, 0.3) is 10.6 Å². The second-order valence-electron chi connectivity index (χ2n) is 3.04. The van der Waals surface area contributed by atoms with E-state index < -0.39 is 0 Å². The van der Waals surface area contributed by atoms with Gasteiger partial charge in [-0.3, -0.25) is 0 Å². The first-order valence-corrected chi connectivity index (χ1v) is 5.16. The molecule has 0 saturated heterocycles. The smallest absolute Gasteiger partial charge is 0.155 e. The molecular weight excluding hydrogens is 211 g/mol. The first kappa shape index (κ1) is 9.81. The van der Waals surface area contributed by atoms with Crippen LogP contribution in [-0.4, -0.2) is 4.98 Å². The van der Waals surface area contributed by atoms with Gasteiger partial charge < -0.3 is 0 Å². The zero-order chi connectivity index (χ0) is 10.8. The molecule has 0 aliphatic carbocycles. The highest BCUT2D eigenvalue weighted by molar-refractivity contribution is 7.15. The number of aryl methyl sites for hydroxylation is 1. The van der Waals surface area contributed by atoms with Crippen LogP contribution < -0.4 is 0 Å². The second-order valence-corrected chi connectivity index (χ2v) is 4.25. The molecule has 1 heterocycles. The number of rotatable bonds is 1. The summed E-state index contributed by atoms with van der Waals surface area (Å²) in [6.07, 6.45) is 0. The molecule has 0 radical (unpaired) electrons. The van der Waals surface area contributed by atoms with Crippen molar-refractivity contribution < 1.29 is 4.39 Å². The molecule has 15 heavy (non-hydrogen) atoms. The third-order valence-electron chi connectivity index (χ3n) is 1.99. The summed E-state index contributed by atoms with van der Waals surface area (Å²) in [5.41, 5.74) is 1.28. The summed E-state index contributed by atoms with van der Waals surface area (Å²) in [6.45, 7) is 1.85. The predicted octanol–water partition coefficient (Wildman–Crippen LogP) is 3.13. The maximum Gasteiger partial charge on any atom is 0.155 e. The van der Waals surface area contributed by atoms with Crippen molar-refractivity contribution in [3.63, 3.8) is 0 Å². The first-order chi connectivity index (χ1) is 7.20. The van der Waals surface area contributed by atoms with Crippen LogP contribution in [-0.2, 0) is 0 Å². The normalized spacial score (nSPS) is 9.93. The minimum atomic E-state index is -0.271. The van der Waals surface area contributed by atoms with E-state index >= 15 is 0 Å². The number of hydrogen-bond donors (Lipinski definition) is 0. The zero-order valence-electron chi connectivity index (χ0n) is 7.99. The van der Waals surface area contributed by atoms with Gasteiger partial charge in [0.1, 0.15) is 16.9 Å². The van der Waals surface area contributed by atoms with Gasteiger partial charge in [0.2, 0.25) is 0 Å². The van der Waals surface area contributed by atoms with Crippen molar-refractivity contribution in [3.8, 4) is 16.6 Å². The molecule has 2 nitrogen and oxygen atoms in total. The van der Waals surface area contributed by atoms with Gasteiger partial charge >= 0.3 is 0 Å². The maximum atomic E-state index is 12.7. The Morgan fingerprint density at radius 2 is 2.00 bits per heavy atom. The van der Waals surface area contributed by atoms with E-state index in [1.54, 1.807) is 12.1 Å². The van der Waals surface area contributed by atoms with Crippen molar-refractivity contribution in [2.75, 3.05) is 0 Å². The minimum absolute atomic E-state index is 0.271. The van der Waals surface area contributed by atoms with Gasteiger partial charge in [0.05, 0.1) is 0 Å². The molecule has 2 aromatic rings. The van der Waals surface area contributed by atoms with E-state index in [1.165, 1.54) is 23.5 Å². The Labute approximate surface area is 90.6 Å². The van der Waals surface area contributed by atoms with E-state index in [9.17, 15) is 4.39 Å². The quantitative estimate of drug-likeness (QED) is 0.737. The third kappa shape index (κ3) is 1.88. The van der Waals surface area contributed by atoms with Crippen molar-refractivity contribution in [1.29, 1.82) is 5.26 Å². The molecule has 1 aromatic carbocycles. The fourth-order valence-corrected chi connectivity index (χ4v) is 2.08. The van der Waals surface area contributed by atoms with Crippen molar-refractivity contribution in [2.45, 2.75) is 6.92 Å². The number of nitriles is 1. The van der Waals surface area contributed by atoms with Crippen molar-refractivity contribution in [2.24, 2.45) is 0 Å². The Kier molecular flexibility index (Phi) is 2.48. The molecule has 0 saturated carbocycles. The molecule has 0 bridgehead atoms. The summed E-state index contributed by atoms with van der Waals surface area (Å²) >= 11 is 1.44. The monoisotopic (exact) mass is 218 g/mol. The topological polar surface area (TPSA) is 36.7 Å². The number of benzene rings is 1. The number of hydrogen-bond acceptors (Lipinski definition) is 3. The van der Waals surface area contributed by atoms with Crippen LogP contribution >= 0.6 is 11.3 Å². The zero-order valence-corrected chi connectivity index (χ0v) is 8.81. The van der Waals surface area contributed by atoms with Gasteiger partial charge in [0.25, 0.3) is 0 Å². The van der Waals surface area contributed by atoms with Gasteiger partial charge in [-0.2, -0.15) is 5.26 Å². The summed E-state index contributed by atoms with van der Waals surface area (Å²) in [4.78, 5) is 5.05. The van der Waals surface area contributed by atoms with Gasteiger partial charge in [-0.15, -0.1) is 11.3 Å². The number of thiazole rings is 1. The molecule has 0 aliphatic rings. The fourth-order valence-electron chi connectivity index (χ4n) is 1.22. The van der Waals surface area contributed by atoms with E-state index in [0.717, 1.165) is 15.4 Å². The largest absolute Gasteiger partial charge is 0.225 e. The highest BCUT2D eigenvalue weighted by Crippen LogP contribution is 2.27. The van der Waals surface area contributed by atoms with Crippen LogP contribution in [0.5, 0.6) is 0 Å². The van der Waals surface area contributed by atoms with Crippen molar-refractivity contribution in [3.05, 3.63) is 40.7 Å². The Balaban J connectivity index is 2.46. The Morgan fingerprint density at radius 3 is 2.53 bits per heavy atom. The Hall–Kier alpha value is -1.73. The summed E-state index contributed by atoms with van der Waals surface area (Å²) < 4.78 is 12.7. The average molecular weight is 218 g/mol. The molecule has 0 N–H and O–H groups in total. The van der Waals surface area contributed by atoms with Crippen LogP contribution in [0.4, 0.5) is 4.39 Å². The Morgan fingerprint density at radius 1 is 1.33 bits per heavy atom. The molecule has 4 heteroatoms. The van der Waals surface area contributed by atoms with Crippen LogP contribution in [0.3, 0.4) is 0 Å². The first-order valence-electron chi connectivity index (χ1n) is 4.34. The highest BCUT2D eigenvalue weighted by Gasteiger charge is 2.08. The molecule has 0 spiro atoms. The predicted molar refractivity (Wildman–Crippen MR) is 57.0 cm³/mol. The van der Waals surface area contributed by atoms with Gasteiger partial charge in [-0.05, 0) is 31.2 Å². The lowest BCUT2D eigenvalue weighted by atomic mass is 10.2.